The summed E-state index contributed by atoms with van der Waals surface area (Å²) in [6, 6.07) is 6.70. The minimum absolute atomic E-state index is 0.211. The molecule has 0 aliphatic heterocycles. The highest BCUT2D eigenvalue weighted by molar-refractivity contribution is 6.41. The van der Waals surface area contributed by atoms with Crippen molar-refractivity contribution >= 4 is 13.0 Å². The van der Waals surface area contributed by atoms with Crippen molar-refractivity contribution in [2.24, 2.45) is 0 Å². The molecule has 1 aromatic carbocycles. The number of rotatable bonds is 4. The summed E-state index contributed by atoms with van der Waals surface area (Å²) in [6.07, 6.45) is -0.211. The Kier molecular flexibility index (Phi) is 4.14. The Bertz CT molecular complexity index is 343. The van der Waals surface area contributed by atoms with Gasteiger partial charge in [0, 0.05) is 0 Å². The minimum atomic E-state index is -1.55. The molecule has 0 aliphatic rings. The zero-order chi connectivity index (χ0) is 11.3. The number of hydrogen-bond donors (Lipinski definition) is 3. The van der Waals surface area contributed by atoms with E-state index in [4.69, 9.17) is 14.8 Å². The Hall–Kier alpha value is -1.53. The van der Waals surface area contributed by atoms with Gasteiger partial charge in [-0.15, -0.1) is 0 Å². The SMILES string of the molecule is COc1ccccc1C(=O)NCB(O)O. The molecule has 80 valence electrons. The van der Waals surface area contributed by atoms with Crippen LogP contribution in [0.3, 0.4) is 0 Å². The summed E-state index contributed by atoms with van der Waals surface area (Å²) in [6.45, 7) is 0. The standard InChI is InChI=1S/C9H12BNO4/c1-15-8-5-3-2-4-7(8)9(12)11-6-10(13)14/h2-5,13-14H,6H2,1H3,(H,11,12). The van der Waals surface area contributed by atoms with E-state index >= 15 is 0 Å². The first kappa shape index (κ1) is 11.5. The van der Waals surface area contributed by atoms with Gasteiger partial charge in [-0.05, 0) is 12.1 Å². The first-order valence-corrected chi connectivity index (χ1v) is 4.42. The molecule has 0 aliphatic carbocycles. The molecule has 0 fully saturated rings. The fourth-order valence-electron chi connectivity index (χ4n) is 1.11. The third-order valence-electron chi connectivity index (χ3n) is 1.80. The van der Waals surface area contributed by atoms with Gasteiger partial charge in [0.1, 0.15) is 5.75 Å². The number of para-hydroxylation sites is 1. The van der Waals surface area contributed by atoms with Gasteiger partial charge in [0.25, 0.3) is 5.91 Å². The van der Waals surface area contributed by atoms with Crippen LogP contribution >= 0.6 is 0 Å². The summed E-state index contributed by atoms with van der Waals surface area (Å²) in [5, 5.41) is 19.5. The Morgan fingerprint density at radius 2 is 2.13 bits per heavy atom. The molecule has 5 nitrogen and oxygen atoms in total. The van der Waals surface area contributed by atoms with E-state index in [-0.39, 0.29) is 6.44 Å². The highest BCUT2D eigenvalue weighted by Crippen LogP contribution is 2.16. The molecule has 1 aromatic rings. The van der Waals surface area contributed by atoms with Crippen molar-refractivity contribution in [3.8, 4) is 5.75 Å². The molecule has 0 atom stereocenters. The molecular formula is C9H12BNO4. The second-order valence-corrected chi connectivity index (χ2v) is 2.89. The van der Waals surface area contributed by atoms with Crippen molar-refractivity contribution in [1.29, 1.82) is 0 Å². The number of methoxy groups -OCH3 is 1. The van der Waals surface area contributed by atoms with Gasteiger partial charge in [0.2, 0.25) is 0 Å². The second-order valence-electron chi connectivity index (χ2n) is 2.89. The Morgan fingerprint density at radius 1 is 1.47 bits per heavy atom. The van der Waals surface area contributed by atoms with E-state index < -0.39 is 13.0 Å². The molecule has 0 saturated carbocycles. The van der Waals surface area contributed by atoms with Crippen molar-refractivity contribution in [3.05, 3.63) is 29.8 Å². The molecule has 15 heavy (non-hydrogen) atoms. The van der Waals surface area contributed by atoms with Crippen LogP contribution in [0.5, 0.6) is 5.75 Å². The number of ether oxygens (including phenoxy) is 1. The number of benzene rings is 1. The first-order chi connectivity index (χ1) is 7.15. The van der Waals surface area contributed by atoms with Gasteiger partial charge < -0.3 is 20.1 Å². The topological polar surface area (TPSA) is 78.8 Å². The fourth-order valence-corrected chi connectivity index (χ4v) is 1.11. The molecule has 1 amide bonds. The molecular weight excluding hydrogens is 197 g/mol. The maximum atomic E-state index is 11.5. The predicted molar refractivity (Wildman–Crippen MR) is 55.5 cm³/mol. The van der Waals surface area contributed by atoms with Crippen LogP contribution in [-0.2, 0) is 0 Å². The molecule has 3 N–H and O–H groups in total. The lowest BCUT2D eigenvalue weighted by Gasteiger charge is -2.08. The predicted octanol–water partition coefficient (Wildman–Crippen LogP) is -0.563. The summed E-state index contributed by atoms with van der Waals surface area (Å²) >= 11 is 0. The average molecular weight is 209 g/mol. The summed E-state index contributed by atoms with van der Waals surface area (Å²) in [5.41, 5.74) is 0.362. The first-order valence-electron chi connectivity index (χ1n) is 4.42. The molecule has 0 aromatic heterocycles. The van der Waals surface area contributed by atoms with Crippen LogP contribution in [0.1, 0.15) is 10.4 Å². The quantitative estimate of drug-likeness (QED) is 0.580. The molecule has 0 bridgehead atoms. The summed E-state index contributed by atoms with van der Waals surface area (Å²) in [7, 11) is -0.0869. The highest BCUT2D eigenvalue weighted by Gasteiger charge is 2.13. The van der Waals surface area contributed by atoms with Gasteiger partial charge in [-0.2, -0.15) is 0 Å². The van der Waals surface area contributed by atoms with Gasteiger partial charge in [0.15, 0.2) is 0 Å². The Labute approximate surface area is 87.8 Å². The van der Waals surface area contributed by atoms with Gasteiger partial charge in [-0.1, -0.05) is 12.1 Å². The van der Waals surface area contributed by atoms with Crippen LogP contribution in [0.25, 0.3) is 0 Å². The third kappa shape index (κ3) is 3.27. The summed E-state index contributed by atoms with van der Waals surface area (Å²) in [5.74, 6) is 0.0444. The maximum absolute atomic E-state index is 11.5. The number of hydrogen-bond acceptors (Lipinski definition) is 4. The summed E-state index contributed by atoms with van der Waals surface area (Å²) in [4.78, 5) is 11.5. The van der Waals surface area contributed by atoms with E-state index in [1.807, 2.05) is 0 Å². The average Bonchev–Trinajstić information content (AvgIpc) is 2.25. The molecule has 0 saturated heterocycles. The largest absolute Gasteiger partial charge is 0.496 e. The van der Waals surface area contributed by atoms with Crippen molar-refractivity contribution in [2.45, 2.75) is 0 Å². The van der Waals surface area contributed by atoms with Crippen LogP contribution in [0.2, 0.25) is 0 Å². The lowest BCUT2D eigenvalue weighted by Crippen LogP contribution is -2.35. The highest BCUT2D eigenvalue weighted by atomic mass is 16.5. The number of carbonyl (C=O) groups is 1. The van der Waals surface area contributed by atoms with Crippen LogP contribution < -0.4 is 10.1 Å². The Balaban J connectivity index is 2.72. The normalized spacial score (nSPS) is 9.53. The minimum Gasteiger partial charge on any atom is -0.496 e. The summed E-state index contributed by atoms with van der Waals surface area (Å²) < 4.78 is 4.99. The van der Waals surface area contributed by atoms with E-state index in [0.29, 0.717) is 11.3 Å². The van der Waals surface area contributed by atoms with Crippen LogP contribution in [0.4, 0.5) is 0 Å². The zero-order valence-corrected chi connectivity index (χ0v) is 8.30. The van der Waals surface area contributed by atoms with Gasteiger partial charge in [0.05, 0.1) is 19.1 Å². The molecule has 0 radical (unpaired) electrons. The van der Waals surface area contributed by atoms with E-state index in [1.165, 1.54) is 7.11 Å². The molecule has 0 spiro atoms. The van der Waals surface area contributed by atoms with Crippen LogP contribution in [0, 0.1) is 0 Å². The number of amides is 1. The van der Waals surface area contributed by atoms with Crippen LogP contribution in [-0.4, -0.2) is 36.6 Å². The number of carbonyl (C=O) groups excluding carboxylic acids is 1. The lowest BCUT2D eigenvalue weighted by atomic mass is 9.92. The van der Waals surface area contributed by atoms with E-state index in [2.05, 4.69) is 5.32 Å². The van der Waals surface area contributed by atoms with Crippen molar-refractivity contribution in [2.75, 3.05) is 13.6 Å². The molecule has 1 rings (SSSR count). The Morgan fingerprint density at radius 3 is 2.73 bits per heavy atom. The van der Waals surface area contributed by atoms with Crippen molar-refractivity contribution < 1.29 is 19.6 Å². The van der Waals surface area contributed by atoms with Crippen molar-refractivity contribution in [1.82, 2.24) is 5.32 Å². The maximum Gasteiger partial charge on any atom is 0.472 e. The van der Waals surface area contributed by atoms with Gasteiger partial charge in [-0.25, -0.2) is 0 Å². The van der Waals surface area contributed by atoms with E-state index in [1.54, 1.807) is 24.3 Å². The zero-order valence-electron chi connectivity index (χ0n) is 8.30. The third-order valence-corrected chi connectivity index (χ3v) is 1.80. The molecule has 0 heterocycles. The second kappa shape index (κ2) is 5.38. The van der Waals surface area contributed by atoms with Gasteiger partial charge in [-0.3, -0.25) is 4.79 Å². The van der Waals surface area contributed by atoms with Crippen LogP contribution in [0.15, 0.2) is 24.3 Å². The molecule has 0 unspecified atom stereocenters. The lowest BCUT2D eigenvalue weighted by molar-refractivity contribution is 0.0953. The number of nitrogens with one attached hydrogen (secondary N) is 1. The molecule has 6 heteroatoms. The van der Waals surface area contributed by atoms with Crippen molar-refractivity contribution in [3.63, 3.8) is 0 Å². The monoisotopic (exact) mass is 209 g/mol. The fraction of sp³-hybridized carbons (Fsp3) is 0.222. The smallest absolute Gasteiger partial charge is 0.472 e. The van der Waals surface area contributed by atoms with E-state index in [0.717, 1.165) is 0 Å². The van der Waals surface area contributed by atoms with Gasteiger partial charge >= 0.3 is 7.12 Å². The van der Waals surface area contributed by atoms with E-state index in [9.17, 15) is 4.79 Å².